The fraction of sp³-hybridized carbons (Fsp3) is 0.300. The number of carbonyl (C=O) groups is 1. The molecule has 3 aromatic rings. The Hall–Kier alpha value is -2.28. The van der Waals surface area contributed by atoms with Crippen molar-refractivity contribution in [3.8, 4) is 10.6 Å². The molecule has 1 aromatic carbocycles. The van der Waals surface area contributed by atoms with Crippen molar-refractivity contribution in [2.75, 3.05) is 33.5 Å². The van der Waals surface area contributed by atoms with E-state index in [9.17, 15) is 4.79 Å². The van der Waals surface area contributed by atoms with Crippen molar-refractivity contribution in [1.82, 2.24) is 10.3 Å². The van der Waals surface area contributed by atoms with E-state index >= 15 is 0 Å². The topological polar surface area (TPSA) is 60.5 Å². The van der Waals surface area contributed by atoms with E-state index in [1.807, 2.05) is 47.8 Å². The Morgan fingerprint density at radius 2 is 2.04 bits per heavy atom. The number of carbonyl (C=O) groups excluding carboxylic acids is 1. The van der Waals surface area contributed by atoms with Crippen molar-refractivity contribution in [3.05, 3.63) is 53.4 Å². The summed E-state index contributed by atoms with van der Waals surface area (Å²) >= 11 is 1.61. The van der Waals surface area contributed by atoms with Crippen LogP contribution in [0.5, 0.6) is 0 Å². The number of benzene rings is 1. The smallest absolute Gasteiger partial charge is 0.252 e. The average Bonchev–Trinajstić information content (AvgIpc) is 3.21. The zero-order valence-electron chi connectivity index (χ0n) is 14.7. The van der Waals surface area contributed by atoms with Gasteiger partial charge in [-0.15, -0.1) is 11.3 Å². The van der Waals surface area contributed by atoms with E-state index in [1.165, 1.54) is 0 Å². The zero-order valence-corrected chi connectivity index (χ0v) is 15.6. The molecule has 0 atom stereocenters. The summed E-state index contributed by atoms with van der Waals surface area (Å²) in [4.78, 5) is 18.5. The van der Waals surface area contributed by atoms with Gasteiger partial charge in [0.1, 0.15) is 0 Å². The standard InChI is InChI=1S/C20H22N2O3S/c1-24-11-12-25-10-5-9-21-20(23)16-14-18(19-8-4-13-26-19)22-17-7-3-2-6-15(16)17/h2-4,6-8,13-14H,5,9-12H2,1H3,(H,21,23). The Morgan fingerprint density at radius 3 is 2.85 bits per heavy atom. The third-order valence-electron chi connectivity index (χ3n) is 3.92. The predicted octanol–water partition coefficient (Wildman–Crippen LogP) is 3.75. The number of aromatic nitrogens is 1. The number of nitrogens with one attached hydrogen (secondary N) is 1. The molecule has 2 aromatic heterocycles. The molecule has 0 saturated carbocycles. The zero-order chi connectivity index (χ0) is 18.2. The van der Waals surface area contributed by atoms with Gasteiger partial charge in [0.25, 0.3) is 5.91 Å². The minimum atomic E-state index is -0.0849. The van der Waals surface area contributed by atoms with Gasteiger partial charge in [-0.2, -0.15) is 0 Å². The molecule has 0 fully saturated rings. The number of para-hydroxylation sites is 1. The molecule has 6 heteroatoms. The number of hydrogen-bond acceptors (Lipinski definition) is 5. The number of amides is 1. The minimum Gasteiger partial charge on any atom is -0.382 e. The van der Waals surface area contributed by atoms with Crippen LogP contribution in [0.25, 0.3) is 21.5 Å². The first-order chi connectivity index (χ1) is 12.8. The maximum absolute atomic E-state index is 12.7. The summed E-state index contributed by atoms with van der Waals surface area (Å²) < 4.78 is 10.3. The summed E-state index contributed by atoms with van der Waals surface area (Å²) in [5.41, 5.74) is 2.30. The van der Waals surface area contributed by atoms with Gasteiger partial charge in [0.2, 0.25) is 0 Å². The van der Waals surface area contributed by atoms with Gasteiger partial charge in [0, 0.05) is 25.6 Å². The summed E-state index contributed by atoms with van der Waals surface area (Å²) in [7, 11) is 1.65. The van der Waals surface area contributed by atoms with Crippen molar-refractivity contribution >= 4 is 28.1 Å². The van der Waals surface area contributed by atoms with Gasteiger partial charge in [-0.1, -0.05) is 24.3 Å². The number of ether oxygens (including phenoxy) is 2. The number of pyridine rings is 1. The van der Waals surface area contributed by atoms with Crippen LogP contribution in [0.1, 0.15) is 16.8 Å². The van der Waals surface area contributed by atoms with Crippen molar-refractivity contribution in [3.63, 3.8) is 0 Å². The van der Waals surface area contributed by atoms with Gasteiger partial charge in [0.05, 0.1) is 34.9 Å². The number of nitrogens with zero attached hydrogens (tertiary/aromatic N) is 1. The molecule has 0 bridgehead atoms. The number of fused-ring (bicyclic) bond motifs is 1. The first-order valence-electron chi connectivity index (χ1n) is 8.58. The van der Waals surface area contributed by atoms with Crippen LogP contribution in [0.3, 0.4) is 0 Å². The fourth-order valence-corrected chi connectivity index (χ4v) is 3.32. The molecule has 1 N–H and O–H groups in total. The molecular weight excluding hydrogens is 348 g/mol. The van der Waals surface area contributed by atoms with E-state index in [4.69, 9.17) is 14.5 Å². The molecule has 0 radical (unpaired) electrons. The predicted molar refractivity (Wildman–Crippen MR) is 105 cm³/mol. The maximum atomic E-state index is 12.7. The molecule has 2 heterocycles. The summed E-state index contributed by atoms with van der Waals surface area (Å²) in [5.74, 6) is -0.0849. The molecule has 0 aliphatic carbocycles. The van der Waals surface area contributed by atoms with E-state index in [2.05, 4.69) is 5.32 Å². The molecule has 0 saturated heterocycles. The van der Waals surface area contributed by atoms with E-state index < -0.39 is 0 Å². The van der Waals surface area contributed by atoms with Crippen LogP contribution in [0, 0.1) is 0 Å². The van der Waals surface area contributed by atoms with Crippen LogP contribution >= 0.6 is 11.3 Å². The summed E-state index contributed by atoms with van der Waals surface area (Å²) in [6.45, 7) is 2.32. The summed E-state index contributed by atoms with van der Waals surface area (Å²) in [5, 5.41) is 5.85. The lowest BCUT2D eigenvalue weighted by molar-refractivity contribution is 0.0688. The Kier molecular flexibility index (Phi) is 6.71. The highest BCUT2D eigenvalue weighted by Gasteiger charge is 2.13. The second-order valence-corrected chi connectivity index (χ2v) is 6.71. The molecule has 0 unspecified atom stereocenters. The van der Waals surface area contributed by atoms with Gasteiger partial charge in [0.15, 0.2) is 0 Å². The first-order valence-corrected chi connectivity index (χ1v) is 9.46. The molecule has 1 amide bonds. The monoisotopic (exact) mass is 370 g/mol. The van der Waals surface area contributed by atoms with E-state index in [0.29, 0.717) is 31.9 Å². The number of rotatable bonds is 9. The van der Waals surface area contributed by atoms with Gasteiger partial charge < -0.3 is 14.8 Å². The first kappa shape index (κ1) is 18.5. The fourth-order valence-electron chi connectivity index (χ4n) is 2.63. The SMILES string of the molecule is COCCOCCCNC(=O)c1cc(-c2cccs2)nc2ccccc12. The van der Waals surface area contributed by atoms with Crippen LogP contribution in [-0.4, -0.2) is 44.4 Å². The molecule has 136 valence electrons. The largest absolute Gasteiger partial charge is 0.382 e. The second kappa shape index (κ2) is 9.43. The quantitative estimate of drug-likeness (QED) is 0.583. The Bertz CT molecular complexity index is 849. The van der Waals surface area contributed by atoms with Gasteiger partial charge in [-0.25, -0.2) is 4.98 Å². The molecule has 5 nitrogen and oxygen atoms in total. The van der Waals surface area contributed by atoms with Gasteiger partial charge in [-0.05, 0) is 30.0 Å². The minimum absolute atomic E-state index is 0.0849. The molecule has 0 aliphatic rings. The lowest BCUT2D eigenvalue weighted by Crippen LogP contribution is -2.25. The lowest BCUT2D eigenvalue weighted by Gasteiger charge is -2.10. The highest BCUT2D eigenvalue weighted by molar-refractivity contribution is 7.13. The third-order valence-corrected chi connectivity index (χ3v) is 4.81. The van der Waals surface area contributed by atoms with Gasteiger partial charge >= 0.3 is 0 Å². The van der Waals surface area contributed by atoms with Crippen LogP contribution in [0.2, 0.25) is 0 Å². The van der Waals surface area contributed by atoms with Gasteiger partial charge in [-0.3, -0.25) is 4.79 Å². The molecular formula is C20H22N2O3S. The van der Waals surface area contributed by atoms with E-state index in [0.717, 1.165) is 27.9 Å². The second-order valence-electron chi connectivity index (χ2n) is 5.76. The van der Waals surface area contributed by atoms with Crippen LogP contribution in [0.4, 0.5) is 0 Å². The van der Waals surface area contributed by atoms with Crippen molar-refractivity contribution in [2.24, 2.45) is 0 Å². The van der Waals surface area contributed by atoms with Crippen LogP contribution in [0.15, 0.2) is 47.8 Å². The van der Waals surface area contributed by atoms with Crippen molar-refractivity contribution in [2.45, 2.75) is 6.42 Å². The van der Waals surface area contributed by atoms with E-state index in [-0.39, 0.29) is 5.91 Å². The highest BCUT2D eigenvalue weighted by Crippen LogP contribution is 2.27. The van der Waals surface area contributed by atoms with Crippen molar-refractivity contribution < 1.29 is 14.3 Å². The number of hydrogen-bond donors (Lipinski definition) is 1. The average molecular weight is 370 g/mol. The Balaban J connectivity index is 1.70. The van der Waals surface area contributed by atoms with E-state index in [1.54, 1.807) is 18.4 Å². The summed E-state index contributed by atoms with van der Waals surface area (Å²) in [6, 6.07) is 13.6. The van der Waals surface area contributed by atoms with Crippen molar-refractivity contribution in [1.29, 1.82) is 0 Å². The Morgan fingerprint density at radius 1 is 1.15 bits per heavy atom. The normalized spacial score (nSPS) is 11.0. The molecule has 3 rings (SSSR count). The van der Waals surface area contributed by atoms with Crippen LogP contribution < -0.4 is 5.32 Å². The maximum Gasteiger partial charge on any atom is 0.252 e. The molecule has 0 spiro atoms. The number of thiophene rings is 1. The molecule has 0 aliphatic heterocycles. The highest BCUT2D eigenvalue weighted by atomic mass is 32.1. The molecule has 26 heavy (non-hydrogen) atoms. The lowest BCUT2D eigenvalue weighted by atomic mass is 10.1. The third kappa shape index (κ3) is 4.66. The Labute approximate surface area is 157 Å². The number of methoxy groups -OCH3 is 1. The summed E-state index contributed by atoms with van der Waals surface area (Å²) in [6.07, 6.45) is 0.760. The van der Waals surface area contributed by atoms with Crippen LogP contribution in [-0.2, 0) is 9.47 Å².